The van der Waals surface area contributed by atoms with Crippen molar-refractivity contribution in [1.82, 2.24) is 0 Å². The molecule has 0 radical (unpaired) electrons. The number of ether oxygens (including phenoxy) is 1. The van der Waals surface area contributed by atoms with Crippen molar-refractivity contribution in [2.75, 3.05) is 0 Å². The lowest BCUT2D eigenvalue weighted by Crippen LogP contribution is -1.91. The third-order valence-electron chi connectivity index (χ3n) is 2.91. The number of nitrogens with zero attached hydrogens (tertiary/aromatic N) is 1. The fourth-order valence-electron chi connectivity index (χ4n) is 1.79. The minimum Gasteiger partial charge on any atom is -0.456 e. The first-order valence-electron chi connectivity index (χ1n) is 6.01. The van der Waals surface area contributed by atoms with Crippen molar-refractivity contribution in [2.24, 2.45) is 0 Å². The second-order valence-corrected chi connectivity index (χ2v) is 4.16. The first-order valence-corrected chi connectivity index (χ1v) is 6.01. The third-order valence-corrected chi connectivity index (χ3v) is 2.91. The van der Waals surface area contributed by atoms with Gasteiger partial charge in [-0.25, -0.2) is 0 Å². The van der Waals surface area contributed by atoms with Crippen molar-refractivity contribution in [3.05, 3.63) is 59.2 Å². The van der Waals surface area contributed by atoms with Crippen LogP contribution in [0, 0.1) is 18.3 Å². The van der Waals surface area contributed by atoms with Gasteiger partial charge in [-0.2, -0.15) is 5.26 Å². The molecule has 0 unspecified atom stereocenters. The van der Waals surface area contributed by atoms with Crippen LogP contribution in [-0.4, -0.2) is 0 Å². The zero-order valence-corrected chi connectivity index (χ0v) is 10.6. The molecule has 2 rings (SSSR count). The van der Waals surface area contributed by atoms with E-state index in [1.165, 1.54) is 5.56 Å². The average molecular weight is 237 g/mol. The molecule has 0 aliphatic rings. The summed E-state index contributed by atoms with van der Waals surface area (Å²) in [5.74, 6) is 1.37. The molecule has 0 atom stereocenters. The Morgan fingerprint density at radius 3 is 2.44 bits per heavy atom. The fraction of sp³-hybridized carbons (Fsp3) is 0.188. The molecule has 0 N–H and O–H groups in total. The lowest BCUT2D eigenvalue weighted by molar-refractivity contribution is 0.480. The molecule has 2 aromatic rings. The van der Waals surface area contributed by atoms with E-state index in [1.54, 1.807) is 0 Å². The third kappa shape index (κ3) is 2.52. The van der Waals surface area contributed by atoms with Crippen LogP contribution in [0.2, 0.25) is 0 Å². The molecule has 0 aromatic heterocycles. The maximum atomic E-state index is 9.13. The molecule has 0 heterocycles. The van der Waals surface area contributed by atoms with Crippen LogP contribution in [0.4, 0.5) is 0 Å². The highest BCUT2D eigenvalue weighted by molar-refractivity contribution is 5.49. The molecule has 2 nitrogen and oxygen atoms in total. The minimum absolute atomic E-state index is 0.595. The van der Waals surface area contributed by atoms with E-state index in [4.69, 9.17) is 10.00 Å². The van der Waals surface area contributed by atoms with Crippen molar-refractivity contribution in [1.29, 1.82) is 5.26 Å². The van der Waals surface area contributed by atoms with Crippen LogP contribution in [0.1, 0.15) is 23.6 Å². The molecular formula is C16H15NO. The summed E-state index contributed by atoms with van der Waals surface area (Å²) in [6.07, 6.45) is 1.01. The Kier molecular flexibility index (Phi) is 3.64. The number of benzene rings is 2. The molecule has 18 heavy (non-hydrogen) atoms. The summed E-state index contributed by atoms with van der Waals surface area (Å²) in [7, 11) is 0. The highest BCUT2D eigenvalue weighted by Gasteiger charge is 2.06. The zero-order chi connectivity index (χ0) is 13.0. The molecular weight excluding hydrogens is 222 g/mol. The molecule has 0 aliphatic heterocycles. The van der Waals surface area contributed by atoms with Crippen molar-refractivity contribution < 1.29 is 4.74 Å². The summed E-state index contributed by atoms with van der Waals surface area (Å²) in [5, 5.41) is 9.13. The molecule has 0 saturated heterocycles. The largest absolute Gasteiger partial charge is 0.456 e. The van der Waals surface area contributed by atoms with Crippen molar-refractivity contribution in [2.45, 2.75) is 20.3 Å². The van der Waals surface area contributed by atoms with Gasteiger partial charge in [0, 0.05) is 0 Å². The van der Waals surface area contributed by atoms with Gasteiger partial charge in [-0.1, -0.05) is 31.2 Å². The highest BCUT2D eigenvalue weighted by atomic mass is 16.5. The Hall–Kier alpha value is -2.27. The Morgan fingerprint density at radius 1 is 1.11 bits per heavy atom. The summed E-state index contributed by atoms with van der Waals surface area (Å²) in [6.45, 7) is 4.02. The van der Waals surface area contributed by atoms with Crippen LogP contribution in [0.3, 0.4) is 0 Å². The smallest absolute Gasteiger partial charge is 0.145 e. The first kappa shape index (κ1) is 12.2. The SMILES string of the molecule is CCc1ccc(Oc2cccc(C)c2C#N)cc1. The van der Waals surface area contributed by atoms with Crippen LogP contribution in [0.25, 0.3) is 0 Å². The van der Waals surface area contributed by atoms with E-state index in [2.05, 4.69) is 13.0 Å². The summed E-state index contributed by atoms with van der Waals surface area (Å²) in [4.78, 5) is 0. The Bertz CT molecular complexity index is 579. The monoisotopic (exact) mass is 237 g/mol. The predicted octanol–water partition coefficient (Wildman–Crippen LogP) is 4.22. The molecule has 0 saturated carbocycles. The lowest BCUT2D eigenvalue weighted by atomic mass is 10.1. The molecule has 2 aromatic carbocycles. The number of nitriles is 1. The van der Waals surface area contributed by atoms with Gasteiger partial charge in [-0.05, 0) is 42.7 Å². The number of hydrogen-bond acceptors (Lipinski definition) is 2. The number of hydrogen-bond donors (Lipinski definition) is 0. The topological polar surface area (TPSA) is 33.0 Å². The van der Waals surface area contributed by atoms with E-state index in [9.17, 15) is 0 Å². The molecule has 0 spiro atoms. The standard InChI is InChI=1S/C16H15NO/c1-3-13-7-9-14(10-8-13)18-16-6-4-5-12(2)15(16)11-17/h4-10H,3H2,1-2H3. The van der Waals surface area contributed by atoms with Crippen LogP contribution in [0.15, 0.2) is 42.5 Å². The molecule has 90 valence electrons. The number of rotatable bonds is 3. The van der Waals surface area contributed by atoms with Crippen molar-refractivity contribution in [3.63, 3.8) is 0 Å². The number of aryl methyl sites for hydroxylation is 2. The summed E-state index contributed by atoms with van der Waals surface area (Å²) in [6, 6.07) is 15.7. The van der Waals surface area contributed by atoms with Crippen molar-refractivity contribution in [3.8, 4) is 17.6 Å². The van der Waals surface area contributed by atoms with Crippen LogP contribution >= 0.6 is 0 Å². The molecule has 0 fully saturated rings. The van der Waals surface area contributed by atoms with Gasteiger partial charge in [-0.3, -0.25) is 0 Å². The fourth-order valence-corrected chi connectivity index (χ4v) is 1.79. The lowest BCUT2D eigenvalue weighted by Gasteiger charge is -2.09. The summed E-state index contributed by atoms with van der Waals surface area (Å²) in [5.41, 5.74) is 2.80. The van der Waals surface area contributed by atoms with Gasteiger partial charge >= 0.3 is 0 Å². The van der Waals surface area contributed by atoms with E-state index in [-0.39, 0.29) is 0 Å². The van der Waals surface area contributed by atoms with Gasteiger partial charge in [0.15, 0.2) is 0 Å². The van der Waals surface area contributed by atoms with E-state index in [0.717, 1.165) is 17.7 Å². The maximum Gasteiger partial charge on any atom is 0.145 e. The van der Waals surface area contributed by atoms with Crippen LogP contribution < -0.4 is 4.74 Å². The first-order chi connectivity index (χ1) is 8.74. The summed E-state index contributed by atoms with van der Waals surface area (Å²) < 4.78 is 5.76. The second-order valence-electron chi connectivity index (χ2n) is 4.16. The molecule has 2 heteroatoms. The van der Waals surface area contributed by atoms with E-state index < -0.39 is 0 Å². The normalized spacial score (nSPS) is 9.83. The summed E-state index contributed by atoms with van der Waals surface area (Å²) >= 11 is 0. The molecule has 0 amide bonds. The average Bonchev–Trinajstić information content (AvgIpc) is 2.40. The van der Waals surface area contributed by atoms with Gasteiger partial charge in [0.25, 0.3) is 0 Å². The quantitative estimate of drug-likeness (QED) is 0.800. The Morgan fingerprint density at radius 2 is 1.83 bits per heavy atom. The van der Waals surface area contributed by atoms with E-state index in [0.29, 0.717) is 11.3 Å². The van der Waals surface area contributed by atoms with Gasteiger partial charge in [-0.15, -0.1) is 0 Å². The van der Waals surface area contributed by atoms with Gasteiger partial charge in [0.05, 0.1) is 5.56 Å². The van der Waals surface area contributed by atoms with Gasteiger partial charge in [0.2, 0.25) is 0 Å². The predicted molar refractivity (Wildman–Crippen MR) is 71.8 cm³/mol. The highest BCUT2D eigenvalue weighted by Crippen LogP contribution is 2.27. The van der Waals surface area contributed by atoms with E-state index >= 15 is 0 Å². The zero-order valence-electron chi connectivity index (χ0n) is 10.6. The maximum absolute atomic E-state index is 9.13. The Balaban J connectivity index is 2.28. The van der Waals surface area contributed by atoms with Crippen LogP contribution in [0.5, 0.6) is 11.5 Å². The Labute approximate surface area is 107 Å². The minimum atomic E-state index is 0.595. The molecule has 0 aliphatic carbocycles. The van der Waals surface area contributed by atoms with Gasteiger partial charge in [0.1, 0.15) is 17.6 Å². The van der Waals surface area contributed by atoms with E-state index in [1.807, 2.05) is 49.4 Å². The van der Waals surface area contributed by atoms with Gasteiger partial charge < -0.3 is 4.74 Å². The van der Waals surface area contributed by atoms with Crippen LogP contribution in [-0.2, 0) is 6.42 Å². The second kappa shape index (κ2) is 5.37. The molecule has 0 bridgehead atoms. The van der Waals surface area contributed by atoms with Crippen molar-refractivity contribution >= 4 is 0 Å².